The van der Waals surface area contributed by atoms with Crippen molar-refractivity contribution in [1.29, 1.82) is 0 Å². The summed E-state index contributed by atoms with van der Waals surface area (Å²) in [5, 5.41) is 12.3. The van der Waals surface area contributed by atoms with Crippen LogP contribution in [0.3, 0.4) is 0 Å². The fraction of sp³-hybridized carbons (Fsp3) is 0.583. The van der Waals surface area contributed by atoms with Gasteiger partial charge in [-0.2, -0.15) is 0 Å². The van der Waals surface area contributed by atoms with Gasteiger partial charge in [0.05, 0.1) is 0 Å². The zero-order chi connectivity index (χ0) is 11.3. The quantitative estimate of drug-likeness (QED) is 0.773. The molecule has 3 nitrogen and oxygen atoms in total. The molecule has 2 N–H and O–H groups in total. The van der Waals surface area contributed by atoms with Crippen LogP contribution in [-0.4, -0.2) is 22.2 Å². The van der Waals surface area contributed by atoms with Crippen molar-refractivity contribution in [2.24, 2.45) is 0 Å². The minimum Gasteiger partial charge on any atom is -0.396 e. The maximum Gasteiger partial charge on any atom is 0.0448 e. The first-order valence-corrected chi connectivity index (χ1v) is 5.31. The molecule has 15 heavy (non-hydrogen) atoms. The lowest BCUT2D eigenvalue weighted by Gasteiger charge is -2.25. The first kappa shape index (κ1) is 12.1. The Morgan fingerprint density at radius 3 is 2.80 bits per heavy atom. The molecule has 0 spiro atoms. The molecule has 84 valence electrons. The zero-order valence-electron chi connectivity index (χ0n) is 9.75. The number of rotatable bonds is 5. The van der Waals surface area contributed by atoms with Crippen LogP contribution in [-0.2, 0) is 6.54 Å². The number of hydrogen-bond acceptors (Lipinski definition) is 3. The van der Waals surface area contributed by atoms with Crippen LogP contribution in [0.25, 0.3) is 0 Å². The molecule has 1 rings (SSSR count). The van der Waals surface area contributed by atoms with Gasteiger partial charge in [0.15, 0.2) is 0 Å². The Labute approximate surface area is 91.5 Å². The molecule has 0 fully saturated rings. The van der Waals surface area contributed by atoms with Crippen molar-refractivity contribution in [1.82, 2.24) is 10.3 Å². The molecule has 0 unspecified atom stereocenters. The van der Waals surface area contributed by atoms with E-state index >= 15 is 0 Å². The molecule has 0 saturated carbocycles. The minimum absolute atomic E-state index is 0.0307. The number of nitrogens with one attached hydrogen (secondary N) is 1. The molecule has 1 aromatic rings. The number of nitrogens with zero attached hydrogens (tertiary/aromatic N) is 1. The average molecular weight is 208 g/mol. The normalized spacial score (nSPS) is 11.7. The van der Waals surface area contributed by atoms with Crippen LogP contribution >= 0.6 is 0 Å². The molecule has 0 radical (unpaired) electrons. The summed E-state index contributed by atoms with van der Waals surface area (Å²) < 4.78 is 0. The van der Waals surface area contributed by atoms with Crippen LogP contribution in [0.5, 0.6) is 0 Å². The van der Waals surface area contributed by atoms with Crippen molar-refractivity contribution >= 4 is 0 Å². The Morgan fingerprint density at radius 2 is 2.20 bits per heavy atom. The van der Waals surface area contributed by atoms with Gasteiger partial charge in [-0.25, -0.2) is 0 Å². The summed E-state index contributed by atoms with van der Waals surface area (Å²) in [5.41, 5.74) is 2.24. The molecule has 0 amide bonds. The molecule has 0 aliphatic carbocycles. The van der Waals surface area contributed by atoms with Gasteiger partial charge in [0.25, 0.3) is 0 Å². The van der Waals surface area contributed by atoms with Gasteiger partial charge < -0.3 is 10.4 Å². The molecule has 0 aromatic carbocycles. The predicted octanol–water partition coefficient (Wildman–Crippen LogP) is 1.64. The van der Waals surface area contributed by atoms with Crippen LogP contribution < -0.4 is 5.32 Å². The van der Waals surface area contributed by atoms with E-state index in [0.29, 0.717) is 0 Å². The van der Waals surface area contributed by atoms with Gasteiger partial charge in [-0.15, -0.1) is 0 Å². The molecular weight excluding hydrogens is 188 g/mol. The minimum atomic E-state index is -0.0307. The third-order valence-electron chi connectivity index (χ3n) is 2.61. The molecule has 0 atom stereocenters. The van der Waals surface area contributed by atoms with Gasteiger partial charge in [-0.3, -0.25) is 4.98 Å². The van der Waals surface area contributed by atoms with E-state index in [9.17, 15) is 0 Å². The highest BCUT2D eigenvalue weighted by atomic mass is 16.3. The van der Waals surface area contributed by atoms with Gasteiger partial charge in [-0.05, 0) is 38.8 Å². The van der Waals surface area contributed by atoms with Crippen molar-refractivity contribution in [3.63, 3.8) is 0 Å². The van der Waals surface area contributed by atoms with E-state index < -0.39 is 0 Å². The van der Waals surface area contributed by atoms with Crippen LogP contribution in [0.1, 0.15) is 31.5 Å². The second-order valence-corrected chi connectivity index (χ2v) is 4.46. The first-order valence-electron chi connectivity index (χ1n) is 5.31. The Balaban J connectivity index is 2.53. The zero-order valence-corrected chi connectivity index (χ0v) is 9.75. The van der Waals surface area contributed by atoms with Crippen LogP contribution in [0.4, 0.5) is 0 Å². The molecular formula is C12H20N2O. The Hall–Kier alpha value is -0.930. The van der Waals surface area contributed by atoms with Gasteiger partial charge in [-0.1, -0.05) is 6.07 Å². The molecule has 1 aromatic heterocycles. The monoisotopic (exact) mass is 208 g/mol. The van der Waals surface area contributed by atoms with E-state index in [2.05, 4.69) is 30.2 Å². The second kappa shape index (κ2) is 5.24. The number of pyridine rings is 1. The van der Waals surface area contributed by atoms with E-state index in [-0.39, 0.29) is 12.1 Å². The van der Waals surface area contributed by atoms with E-state index in [0.717, 1.165) is 18.7 Å². The number of aliphatic hydroxyl groups excluding tert-OH is 1. The van der Waals surface area contributed by atoms with Crippen molar-refractivity contribution < 1.29 is 5.11 Å². The summed E-state index contributed by atoms with van der Waals surface area (Å²) in [4.78, 5) is 4.24. The SMILES string of the molecule is Cc1ncccc1CNC(C)(C)CCO. The predicted molar refractivity (Wildman–Crippen MR) is 61.6 cm³/mol. The highest BCUT2D eigenvalue weighted by molar-refractivity contribution is 5.18. The fourth-order valence-corrected chi connectivity index (χ4v) is 1.41. The van der Waals surface area contributed by atoms with Gasteiger partial charge in [0, 0.05) is 30.6 Å². The highest BCUT2D eigenvalue weighted by Gasteiger charge is 2.15. The van der Waals surface area contributed by atoms with E-state index in [1.54, 1.807) is 6.20 Å². The van der Waals surface area contributed by atoms with Crippen molar-refractivity contribution in [3.05, 3.63) is 29.6 Å². The largest absolute Gasteiger partial charge is 0.396 e. The molecule has 0 aliphatic heterocycles. The number of aromatic nitrogens is 1. The van der Waals surface area contributed by atoms with Crippen molar-refractivity contribution in [3.8, 4) is 0 Å². The lowest BCUT2D eigenvalue weighted by atomic mass is 10.0. The lowest BCUT2D eigenvalue weighted by Crippen LogP contribution is -2.39. The van der Waals surface area contributed by atoms with E-state index in [1.807, 2.05) is 13.0 Å². The summed E-state index contributed by atoms with van der Waals surface area (Å²) >= 11 is 0. The summed E-state index contributed by atoms with van der Waals surface area (Å²) in [7, 11) is 0. The van der Waals surface area contributed by atoms with Crippen molar-refractivity contribution in [2.75, 3.05) is 6.61 Å². The summed E-state index contributed by atoms with van der Waals surface area (Å²) in [6, 6.07) is 4.02. The number of aryl methyl sites for hydroxylation is 1. The summed E-state index contributed by atoms with van der Waals surface area (Å²) in [6.07, 6.45) is 2.56. The topological polar surface area (TPSA) is 45.2 Å². The third-order valence-corrected chi connectivity index (χ3v) is 2.61. The van der Waals surface area contributed by atoms with Crippen molar-refractivity contribution in [2.45, 2.75) is 39.3 Å². The van der Waals surface area contributed by atoms with Gasteiger partial charge >= 0.3 is 0 Å². The highest BCUT2D eigenvalue weighted by Crippen LogP contribution is 2.10. The van der Waals surface area contributed by atoms with Gasteiger partial charge in [0.1, 0.15) is 0 Å². The Morgan fingerprint density at radius 1 is 1.47 bits per heavy atom. The van der Waals surface area contributed by atoms with Crippen LogP contribution in [0.15, 0.2) is 18.3 Å². The standard InChI is InChI=1S/C12H20N2O/c1-10-11(5-4-7-13-10)9-14-12(2,3)6-8-15/h4-5,7,14-15H,6,8-9H2,1-3H3. The number of hydrogen-bond donors (Lipinski definition) is 2. The van der Waals surface area contributed by atoms with Gasteiger partial charge in [0.2, 0.25) is 0 Å². The Bertz CT molecular complexity index is 310. The molecule has 3 heteroatoms. The molecule has 0 bridgehead atoms. The molecule has 1 heterocycles. The fourth-order valence-electron chi connectivity index (χ4n) is 1.41. The lowest BCUT2D eigenvalue weighted by molar-refractivity contribution is 0.230. The maximum atomic E-state index is 8.90. The molecule has 0 aliphatic rings. The number of aliphatic hydroxyl groups is 1. The van der Waals surface area contributed by atoms with E-state index in [4.69, 9.17) is 5.11 Å². The first-order chi connectivity index (χ1) is 7.05. The average Bonchev–Trinajstić information content (AvgIpc) is 2.16. The second-order valence-electron chi connectivity index (χ2n) is 4.46. The summed E-state index contributed by atoms with van der Waals surface area (Å²) in [5.74, 6) is 0. The van der Waals surface area contributed by atoms with Crippen LogP contribution in [0, 0.1) is 6.92 Å². The summed E-state index contributed by atoms with van der Waals surface area (Å²) in [6.45, 7) is 7.21. The smallest absolute Gasteiger partial charge is 0.0448 e. The Kier molecular flexibility index (Phi) is 4.24. The molecule has 0 saturated heterocycles. The van der Waals surface area contributed by atoms with Crippen LogP contribution in [0.2, 0.25) is 0 Å². The van der Waals surface area contributed by atoms with E-state index in [1.165, 1.54) is 5.56 Å². The third kappa shape index (κ3) is 3.98. The maximum absolute atomic E-state index is 8.90.